The molecule has 0 atom stereocenters. The van der Waals surface area contributed by atoms with Crippen molar-refractivity contribution in [1.29, 1.82) is 0 Å². The van der Waals surface area contributed by atoms with E-state index < -0.39 is 0 Å². The molecule has 0 spiro atoms. The van der Waals surface area contributed by atoms with Gasteiger partial charge in [-0.1, -0.05) is 0 Å². The fourth-order valence-corrected chi connectivity index (χ4v) is 2.79. The number of rotatable bonds is 3. The molecule has 1 fully saturated rings. The van der Waals surface area contributed by atoms with E-state index in [1.54, 1.807) is 11.3 Å². The van der Waals surface area contributed by atoms with Gasteiger partial charge in [-0.2, -0.15) is 0 Å². The topological polar surface area (TPSA) is 45.2 Å². The second kappa shape index (κ2) is 8.74. The van der Waals surface area contributed by atoms with E-state index in [4.69, 9.17) is 0 Å². The van der Waals surface area contributed by atoms with Crippen molar-refractivity contribution >= 4 is 42.1 Å². The Balaban J connectivity index is 0.00000162. The molecule has 0 aliphatic carbocycles. The van der Waals surface area contributed by atoms with Gasteiger partial charge < -0.3 is 10.2 Å². The summed E-state index contributed by atoms with van der Waals surface area (Å²) in [6.07, 6.45) is 1.92. The molecule has 0 saturated carbocycles. The molecule has 7 heteroatoms. The number of hydrogen-bond acceptors (Lipinski definition) is 4. The normalized spacial score (nSPS) is 15.3. The highest BCUT2D eigenvalue weighted by molar-refractivity contribution is 7.09. The fraction of sp³-hybridized carbons (Fsp3) is 0.667. The maximum Gasteiger partial charge on any atom is 0.225 e. The third-order valence-electron chi connectivity index (χ3n) is 3.13. The zero-order valence-electron chi connectivity index (χ0n) is 11.2. The predicted molar refractivity (Wildman–Crippen MR) is 83.4 cm³/mol. The van der Waals surface area contributed by atoms with Gasteiger partial charge in [0, 0.05) is 18.3 Å². The first kappa shape index (κ1) is 18.6. The Morgan fingerprint density at radius 1 is 1.47 bits per heavy atom. The van der Waals surface area contributed by atoms with E-state index in [0.29, 0.717) is 6.54 Å². The van der Waals surface area contributed by atoms with Crippen molar-refractivity contribution < 1.29 is 4.79 Å². The molecular weight excluding hydrogens is 305 g/mol. The number of nitrogens with one attached hydrogen (secondary N) is 1. The Bertz CT molecular complexity index is 394. The average molecular weight is 326 g/mol. The van der Waals surface area contributed by atoms with Gasteiger partial charge in [0.1, 0.15) is 0 Å². The van der Waals surface area contributed by atoms with Crippen LogP contribution >= 0.6 is 36.2 Å². The highest BCUT2D eigenvalue weighted by atomic mass is 35.5. The van der Waals surface area contributed by atoms with Crippen LogP contribution in [0.15, 0.2) is 5.38 Å². The van der Waals surface area contributed by atoms with Crippen LogP contribution in [0.4, 0.5) is 0 Å². The van der Waals surface area contributed by atoms with Gasteiger partial charge in [0.2, 0.25) is 5.91 Å². The fourth-order valence-electron chi connectivity index (χ4n) is 2.18. The van der Waals surface area contributed by atoms with E-state index in [9.17, 15) is 4.79 Å². The van der Waals surface area contributed by atoms with Crippen molar-refractivity contribution in [3.8, 4) is 0 Å². The molecule has 1 aliphatic heterocycles. The number of amides is 1. The van der Waals surface area contributed by atoms with E-state index in [2.05, 4.69) is 10.3 Å². The Hall–Kier alpha value is -0.360. The second-order valence-electron chi connectivity index (χ2n) is 4.58. The minimum absolute atomic E-state index is 0. The molecule has 0 unspecified atom stereocenters. The van der Waals surface area contributed by atoms with Crippen LogP contribution in [0.1, 0.15) is 23.5 Å². The number of aryl methyl sites for hydroxylation is 1. The first-order valence-electron chi connectivity index (χ1n) is 6.03. The van der Waals surface area contributed by atoms with Gasteiger partial charge in [-0.3, -0.25) is 4.79 Å². The Kier molecular flexibility index (Phi) is 8.57. The van der Waals surface area contributed by atoms with Crippen LogP contribution in [0.25, 0.3) is 0 Å². The summed E-state index contributed by atoms with van der Waals surface area (Å²) in [6.45, 7) is 4.54. The zero-order valence-corrected chi connectivity index (χ0v) is 13.7. The summed E-state index contributed by atoms with van der Waals surface area (Å²) in [5.41, 5.74) is 0.997. The number of nitrogens with zero attached hydrogens (tertiary/aromatic N) is 2. The molecular formula is C12H21Cl2N3OS. The molecule has 1 aromatic rings. The highest BCUT2D eigenvalue weighted by Gasteiger charge is 2.24. The Labute approximate surface area is 130 Å². The summed E-state index contributed by atoms with van der Waals surface area (Å²) in [5.74, 6) is 0.457. The summed E-state index contributed by atoms with van der Waals surface area (Å²) in [5, 5.41) is 6.37. The smallest absolute Gasteiger partial charge is 0.225 e. The average Bonchev–Trinajstić information content (AvgIpc) is 2.75. The van der Waals surface area contributed by atoms with Gasteiger partial charge >= 0.3 is 0 Å². The summed E-state index contributed by atoms with van der Waals surface area (Å²) in [7, 11) is 1.87. The molecule has 2 rings (SSSR count). The number of piperidine rings is 1. The van der Waals surface area contributed by atoms with Crippen LogP contribution in [0.2, 0.25) is 0 Å². The van der Waals surface area contributed by atoms with Crippen molar-refractivity contribution in [1.82, 2.24) is 15.2 Å². The van der Waals surface area contributed by atoms with E-state index in [0.717, 1.165) is 36.6 Å². The number of halogens is 2. The van der Waals surface area contributed by atoms with Crippen molar-refractivity contribution in [3.05, 3.63) is 16.1 Å². The van der Waals surface area contributed by atoms with Crippen LogP contribution in [0.3, 0.4) is 0 Å². The van der Waals surface area contributed by atoms with E-state index >= 15 is 0 Å². The number of carbonyl (C=O) groups is 1. The Morgan fingerprint density at radius 3 is 2.63 bits per heavy atom. The van der Waals surface area contributed by atoms with Crippen molar-refractivity contribution in [2.45, 2.75) is 26.3 Å². The lowest BCUT2D eigenvalue weighted by atomic mass is 9.97. The number of aromatic nitrogens is 1. The lowest BCUT2D eigenvalue weighted by molar-refractivity contribution is -0.135. The number of hydrogen-bond donors (Lipinski definition) is 1. The molecule has 1 aromatic heterocycles. The second-order valence-corrected chi connectivity index (χ2v) is 5.64. The molecule has 110 valence electrons. The quantitative estimate of drug-likeness (QED) is 0.927. The first-order chi connectivity index (χ1) is 8.16. The number of carbonyl (C=O) groups excluding carboxylic acids is 1. The summed E-state index contributed by atoms with van der Waals surface area (Å²) in [4.78, 5) is 18.4. The minimum Gasteiger partial charge on any atom is -0.340 e. The van der Waals surface area contributed by atoms with Gasteiger partial charge in [-0.25, -0.2) is 4.98 Å². The van der Waals surface area contributed by atoms with Gasteiger partial charge in [-0.15, -0.1) is 36.2 Å². The lowest BCUT2D eigenvalue weighted by Crippen LogP contribution is -2.38. The van der Waals surface area contributed by atoms with E-state index in [1.807, 2.05) is 24.3 Å². The molecule has 1 amide bonds. The molecule has 1 saturated heterocycles. The molecule has 2 heterocycles. The number of thiazole rings is 1. The largest absolute Gasteiger partial charge is 0.340 e. The minimum atomic E-state index is 0. The monoisotopic (exact) mass is 325 g/mol. The van der Waals surface area contributed by atoms with Crippen molar-refractivity contribution in [2.75, 3.05) is 20.1 Å². The maximum absolute atomic E-state index is 12.2. The molecule has 0 bridgehead atoms. The van der Waals surface area contributed by atoms with Gasteiger partial charge in [-0.05, 0) is 32.9 Å². The third-order valence-corrected chi connectivity index (χ3v) is 3.95. The molecule has 0 radical (unpaired) electrons. The Morgan fingerprint density at radius 2 is 2.11 bits per heavy atom. The van der Waals surface area contributed by atoms with E-state index in [-0.39, 0.29) is 36.6 Å². The first-order valence-corrected chi connectivity index (χ1v) is 6.91. The highest BCUT2D eigenvalue weighted by Crippen LogP contribution is 2.16. The van der Waals surface area contributed by atoms with Crippen molar-refractivity contribution in [2.24, 2.45) is 5.92 Å². The van der Waals surface area contributed by atoms with Crippen LogP contribution in [0, 0.1) is 12.8 Å². The summed E-state index contributed by atoms with van der Waals surface area (Å²) >= 11 is 1.63. The molecule has 19 heavy (non-hydrogen) atoms. The van der Waals surface area contributed by atoms with Crippen molar-refractivity contribution in [3.63, 3.8) is 0 Å². The van der Waals surface area contributed by atoms with Gasteiger partial charge in [0.15, 0.2) is 0 Å². The standard InChI is InChI=1S/C12H19N3OS.2ClH/c1-9-14-11(8-17-9)7-15(2)12(16)10-3-5-13-6-4-10;;/h8,10,13H,3-7H2,1-2H3;2*1H. The van der Waals surface area contributed by atoms with Gasteiger partial charge in [0.25, 0.3) is 0 Å². The summed E-state index contributed by atoms with van der Waals surface area (Å²) in [6, 6.07) is 0. The zero-order chi connectivity index (χ0) is 12.3. The van der Waals surface area contributed by atoms with E-state index in [1.165, 1.54) is 0 Å². The molecule has 1 N–H and O–H groups in total. The van der Waals surface area contributed by atoms with Gasteiger partial charge in [0.05, 0.1) is 17.2 Å². The SMILES string of the molecule is Cc1nc(CN(C)C(=O)C2CCNCC2)cs1.Cl.Cl. The van der Waals surface area contributed by atoms with Crippen LogP contribution < -0.4 is 5.32 Å². The van der Waals surface area contributed by atoms with Crippen LogP contribution in [-0.4, -0.2) is 35.9 Å². The maximum atomic E-state index is 12.2. The summed E-state index contributed by atoms with van der Waals surface area (Å²) < 4.78 is 0. The lowest BCUT2D eigenvalue weighted by Gasteiger charge is -2.26. The molecule has 1 aliphatic rings. The predicted octanol–water partition coefficient (Wildman–Crippen LogP) is 2.25. The van der Waals surface area contributed by atoms with Crippen LogP contribution in [-0.2, 0) is 11.3 Å². The molecule has 4 nitrogen and oxygen atoms in total. The molecule has 0 aromatic carbocycles. The third kappa shape index (κ3) is 5.26. The van der Waals surface area contributed by atoms with Crippen LogP contribution in [0.5, 0.6) is 0 Å².